The Labute approximate surface area is 166 Å². The van der Waals surface area contributed by atoms with Crippen LogP contribution in [-0.2, 0) is 6.54 Å². The molecule has 2 aliphatic rings. The Morgan fingerprint density at radius 3 is 2.74 bits per heavy atom. The molecule has 4 rings (SSSR count). The van der Waals surface area contributed by atoms with Crippen molar-refractivity contribution in [1.82, 2.24) is 15.1 Å². The number of amides is 1. The maximum absolute atomic E-state index is 13.0. The lowest BCUT2D eigenvalue weighted by Gasteiger charge is -2.28. The van der Waals surface area contributed by atoms with E-state index in [2.05, 4.69) is 17.3 Å². The van der Waals surface area contributed by atoms with Crippen molar-refractivity contribution in [3.63, 3.8) is 0 Å². The summed E-state index contributed by atoms with van der Waals surface area (Å²) in [7, 11) is 0. The number of halogens is 1. The lowest BCUT2D eigenvalue weighted by Crippen LogP contribution is -2.40. The standard InChI is InChI=1S/C22H28ClN3O/c1-13(19-11-16-8-9-17(19)10-16)24-22(27)21-14(2)25-26(15(21)3)12-18-6-4-5-7-20(18)23/h4-7,13,16-17,19H,8-12H2,1-3H3,(H,24,27)/t13-,16-,17-,19-/m0/s1. The Balaban J connectivity index is 1.49. The molecule has 4 atom stereocenters. The molecule has 1 aromatic heterocycles. The van der Waals surface area contributed by atoms with Crippen molar-refractivity contribution < 1.29 is 4.79 Å². The van der Waals surface area contributed by atoms with Crippen LogP contribution in [0.4, 0.5) is 0 Å². The molecule has 2 bridgehead atoms. The first-order valence-electron chi connectivity index (χ1n) is 10.0. The molecule has 1 heterocycles. The number of nitrogens with one attached hydrogen (secondary N) is 1. The van der Waals surface area contributed by atoms with E-state index in [0.717, 1.165) is 33.8 Å². The number of fused-ring (bicyclic) bond motifs is 2. The summed E-state index contributed by atoms with van der Waals surface area (Å²) in [5.74, 6) is 2.33. The Kier molecular flexibility index (Phi) is 5.02. The summed E-state index contributed by atoms with van der Waals surface area (Å²) in [6, 6.07) is 7.99. The summed E-state index contributed by atoms with van der Waals surface area (Å²) in [6.45, 7) is 6.62. The average Bonchev–Trinajstić information content (AvgIpc) is 3.32. The highest BCUT2D eigenvalue weighted by Crippen LogP contribution is 2.49. The van der Waals surface area contributed by atoms with Crippen LogP contribution in [0.5, 0.6) is 0 Å². The van der Waals surface area contributed by atoms with Gasteiger partial charge < -0.3 is 5.32 Å². The van der Waals surface area contributed by atoms with Gasteiger partial charge in [0.2, 0.25) is 0 Å². The van der Waals surface area contributed by atoms with Gasteiger partial charge in [-0.25, -0.2) is 0 Å². The van der Waals surface area contributed by atoms with Gasteiger partial charge in [0, 0.05) is 16.8 Å². The van der Waals surface area contributed by atoms with Crippen molar-refractivity contribution in [3.05, 3.63) is 51.8 Å². The maximum Gasteiger partial charge on any atom is 0.255 e. The lowest BCUT2D eigenvalue weighted by atomic mass is 9.84. The normalized spacial score (nSPS) is 25.0. The molecule has 27 heavy (non-hydrogen) atoms. The van der Waals surface area contributed by atoms with Crippen LogP contribution in [0.3, 0.4) is 0 Å². The maximum atomic E-state index is 13.0. The third-order valence-electron chi connectivity index (χ3n) is 6.68. The van der Waals surface area contributed by atoms with Crippen molar-refractivity contribution in [1.29, 1.82) is 0 Å². The van der Waals surface area contributed by atoms with Gasteiger partial charge in [0.25, 0.3) is 5.91 Å². The van der Waals surface area contributed by atoms with Crippen LogP contribution in [-0.4, -0.2) is 21.7 Å². The minimum absolute atomic E-state index is 0.00526. The number of rotatable bonds is 5. The van der Waals surface area contributed by atoms with Crippen molar-refractivity contribution in [2.24, 2.45) is 17.8 Å². The van der Waals surface area contributed by atoms with Gasteiger partial charge in [-0.15, -0.1) is 0 Å². The van der Waals surface area contributed by atoms with E-state index in [1.54, 1.807) is 0 Å². The van der Waals surface area contributed by atoms with E-state index < -0.39 is 0 Å². The number of carbonyl (C=O) groups excluding carboxylic acids is 1. The van der Waals surface area contributed by atoms with Crippen molar-refractivity contribution in [2.75, 3.05) is 0 Å². The Hall–Kier alpha value is -1.81. The monoisotopic (exact) mass is 385 g/mol. The van der Waals surface area contributed by atoms with E-state index in [0.29, 0.717) is 18.0 Å². The number of aryl methyl sites for hydroxylation is 1. The first-order chi connectivity index (χ1) is 12.9. The van der Waals surface area contributed by atoms with Crippen LogP contribution in [0.1, 0.15) is 59.9 Å². The van der Waals surface area contributed by atoms with Crippen LogP contribution in [0.15, 0.2) is 24.3 Å². The molecule has 0 aliphatic heterocycles. The summed E-state index contributed by atoms with van der Waals surface area (Å²) in [5.41, 5.74) is 3.38. The van der Waals surface area contributed by atoms with Crippen molar-refractivity contribution in [3.8, 4) is 0 Å². The van der Waals surface area contributed by atoms with E-state index in [1.165, 1.54) is 25.7 Å². The van der Waals surface area contributed by atoms with E-state index in [4.69, 9.17) is 11.6 Å². The zero-order chi connectivity index (χ0) is 19.1. The molecule has 144 valence electrons. The van der Waals surface area contributed by atoms with Gasteiger partial charge in [0.05, 0.1) is 17.8 Å². The third kappa shape index (κ3) is 3.52. The molecule has 2 aromatic rings. The zero-order valence-electron chi connectivity index (χ0n) is 16.3. The predicted octanol–water partition coefficient (Wildman–Crippen LogP) is 4.76. The molecule has 1 amide bonds. The molecular formula is C22H28ClN3O. The fraction of sp³-hybridized carbons (Fsp3) is 0.545. The largest absolute Gasteiger partial charge is 0.349 e. The summed E-state index contributed by atoms with van der Waals surface area (Å²) < 4.78 is 1.88. The second kappa shape index (κ2) is 7.31. The van der Waals surface area contributed by atoms with E-state index in [1.807, 2.05) is 42.8 Å². The second-order valence-corrected chi connectivity index (χ2v) is 8.80. The highest BCUT2D eigenvalue weighted by Gasteiger charge is 2.42. The van der Waals surface area contributed by atoms with Crippen LogP contribution in [0, 0.1) is 31.6 Å². The Bertz CT molecular complexity index is 859. The molecule has 0 radical (unpaired) electrons. The third-order valence-corrected chi connectivity index (χ3v) is 7.05. The number of nitrogens with zero attached hydrogens (tertiary/aromatic N) is 2. The Morgan fingerprint density at radius 2 is 2.07 bits per heavy atom. The van der Waals surface area contributed by atoms with Crippen LogP contribution < -0.4 is 5.32 Å². The molecule has 1 aromatic carbocycles. The molecule has 5 heteroatoms. The summed E-state index contributed by atoms with van der Waals surface area (Å²) in [4.78, 5) is 13.0. The smallest absolute Gasteiger partial charge is 0.255 e. The number of aromatic nitrogens is 2. The number of benzene rings is 1. The topological polar surface area (TPSA) is 46.9 Å². The fourth-order valence-corrected chi connectivity index (χ4v) is 5.46. The quantitative estimate of drug-likeness (QED) is 0.806. The summed E-state index contributed by atoms with van der Waals surface area (Å²) in [5, 5.41) is 8.61. The SMILES string of the molecule is Cc1nn(Cc2ccccc2Cl)c(C)c1C(=O)N[C@@H](C)[C@@H]1C[C@H]2CC[C@H]1C2. The highest BCUT2D eigenvalue weighted by atomic mass is 35.5. The molecule has 0 unspecified atom stereocenters. The molecular weight excluding hydrogens is 358 g/mol. The molecule has 4 nitrogen and oxygen atoms in total. The van der Waals surface area contributed by atoms with E-state index >= 15 is 0 Å². The van der Waals surface area contributed by atoms with Gasteiger partial charge >= 0.3 is 0 Å². The molecule has 1 N–H and O–H groups in total. The van der Waals surface area contributed by atoms with Gasteiger partial charge in [0.15, 0.2) is 0 Å². The number of hydrogen-bond acceptors (Lipinski definition) is 2. The first-order valence-corrected chi connectivity index (χ1v) is 10.4. The minimum Gasteiger partial charge on any atom is -0.349 e. The van der Waals surface area contributed by atoms with E-state index in [-0.39, 0.29) is 11.9 Å². The predicted molar refractivity (Wildman–Crippen MR) is 108 cm³/mol. The fourth-order valence-electron chi connectivity index (χ4n) is 5.26. The van der Waals surface area contributed by atoms with Crippen LogP contribution in [0.2, 0.25) is 5.02 Å². The lowest BCUT2D eigenvalue weighted by molar-refractivity contribution is 0.0914. The van der Waals surface area contributed by atoms with Crippen LogP contribution >= 0.6 is 11.6 Å². The van der Waals surface area contributed by atoms with Gasteiger partial charge in [-0.1, -0.05) is 36.2 Å². The number of hydrogen-bond donors (Lipinski definition) is 1. The molecule has 0 spiro atoms. The van der Waals surface area contributed by atoms with Gasteiger partial charge in [-0.05, 0) is 69.4 Å². The van der Waals surface area contributed by atoms with Crippen molar-refractivity contribution in [2.45, 2.75) is 59.0 Å². The first kappa shape index (κ1) is 18.5. The molecule has 0 saturated heterocycles. The van der Waals surface area contributed by atoms with Crippen LogP contribution in [0.25, 0.3) is 0 Å². The average molecular weight is 386 g/mol. The zero-order valence-corrected chi connectivity index (χ0v) is 17.1. The minimum atomic E-state index is 0.00526. The summed E-state index contributed by atoms with van der Waals surface area (Å²) >= 11 is 6.29. The van der Waals surface area contributed by atoms with Crippen molar-refractivity contribution >= 4 is 17.5 Å². The molecule has 2 saturated carbocycles. The second-order valence-electron chi connectivity index (χ2n) is 8.40. The molecule has 2 aliphatic carbocycles. The van der Waals surface area contributed by atoms with E-state index in [9.17, 15) is 4.79 Å². The number of carbonyl (C=O) groups is 1. The summed E-state index contributed by atoms with van der Waals surface area (Å²) in [6.07, 6.45) is 5.35. The molecule has 2 fully saturated rings. The van der Waals surface area contributed by atoms with Gasteiger partial charge in [0.1, 0.15) is 0 Å². The van der Waals surface area contributed by atoms with Gasteiger partial charge in [-0.3, -0.25) is 9.48 Å². The highest BCUT2D eigenvalue weighted by molar-refractivity contribution is 6.31. The van der Waals surface area contributed by atoms with Gasteiger partial charge in [-0.2, -0.15) is 5.10 Å². The Morgan fingerprint density at radius 1 is 1.30 bits per heavy atom.